The van der Waals surface area contributed by atoms with Crippen LogP contribution in [0.5, 0.6) is 0 Å². The second kappa shape index (κ2) is 4.30. The molecule has 4 saturated carbocycles. The number of hydrogen-bond acceptors (Lipinski definition) is 1. The molecule has 1 atom stereocenters. The Kier molecular flexibility index (Phi) is 2.76. The van der Waals surface area contributed by atoms with Crippen LogP contribution in [-0.2, 0) is 0 Å². The number of hydrogen-bond donors (Lipinski definition) is 1. The molecule has 108 valence electrons. The zero-order valence-corrected chi connectivity index (χ0v) is 12.1. The van der Waals surface area contributed by atoms with E-state index in [2.05, 4.69) is 0 Å². The molecule has 2 heteroatoms. The van der Waals surface area contributed by atoms with Crippen LogP contribution < -0.4 is 0 Å². The number of halogens is 1. The van der Waals surface area contributed by atoms with Gasteiger partial charge in [-0.3, -0.25) is 0 Å². The third kappa shape index (κ3) is 1.84. The first-order valence-electron chi connectivity index (χ1n) is 8.00. The van der Waals surface area contributed by atoms with Crippen molar-refractivity contribution in [3.8, 4) is 0 Å². The fraction of sp³-hybridized carbons (Fsp3) is 0.667. The van der Waals surface area contributed by atoms with Crippen LogP contribution >= 0.6 is 0 Å². The lowest BCUT2D eigenvalue weighted by Crippen LogP contribution is -2.49. The molecular formula is C18H23FO. The minimum Gasteiger partial charge on any atom is -0.388 e. The Morgan fingerprint density at radius 1 is 1.10 bits per heavy atom. The van der Waals surface area contributed by atoms with E-state index >= 15 is 0 Å². The summed E-state index contributed by atoms with van der Waals surface area (Å²) in [4.78, 5) is 0. The summed E-state index contributed by atoms with van der Waals surface area (Å²) in [5.74, 6) is 2.29. The van der Waals surface area contributed by atoms with E-state index in [0.29, 0.717) is 0 Å². The summed E-state index contributed by atoms with van der Waals surface area (Å²) >= 11 is 0. The predicted octanol–water partition coefficient (Wildman–Crippen LogP) is 4.38. The highest BCUT2D eigenvalue weighted by Gasteiger charge is 2.54. The minimum atomic E-state index is -0.406. The second-order valence-electron chi connectivity index (χ2n) is 7.68. The maximum atomic E-state index is 13.3. The molecule has 20 heavy (non-hydrogen) atoms. The van der Waals surface area contributed by atoms with E-state index in [-0.39, 0.29) is 11.2 Å². The van der Waals surface area contributed by atoms with Crippen molar-refractivity contribution in [3.05, 3.63) is 35.1 Å². The van der Waals surface area contributed by atoms with E-state index in [4.69, 9.17) is 0 Å². The summed E-state index contributed by atoms with van der Waals surface area (Å²) in [5.41, 5.74) is 1.93. The highest BCUT2D eigenvalue weighted by Crippen LogP contribution is 2.64. The third-order valence-corrected chi connectivity index (χ3v) is 6.19. The molecule has 5 rings (SSSR count). The molecule has 0 aromatic heterocycles. The molecule has 0 aliphatic heterocycles. The Morgan fingerprint density at radius 3 is 2.15 bits per heavy atom. The van der Waals surface area contributed by atoms with Crippen LogP contribution in [0.2, 0.25) is 0 Å². The van der Waals surface area contributed by atoms with Crippen LogP contribution in [0, 0.1) is 35.9 Å². The normalized spacial score (nSPS) is 40.0. The molecule has 1 unspecified atom stereocenters. The highest BCUT2D eigenvalue weighted by atomic mass is 19.1. The fourth-order valence-corrected chi connectivity index (χ4v) is 5.79. The molecule has 0 saturated heterocycles. The standard InChI is InChI=1S/C18H23FO/c1-11-4-15(19)2-3-16(11)17(20)18-8-12-5-13(9-18)7-14(6-12)10-18/h2-4,12-14,17,20H,5-10H2,1H3. The van der Waals surface area contributed by atoms with Crippen LogP contribution in [0.3, 0.4) is 0 Å². The van der Waals surface area contributed by atoms with Crippen LogP contribution in [0.1, 0.15) is 55.8 Å². The van der Waals surface area contributed by atoms with Gasteiger partial charge in [0.1, 0.15) is 5.82 Å². The van der Waals surface area contributed by atoms with E-state index in [0.717, 1.165) is 28.9 Å². The summed E-state index contributed by atoms with van der Waals surface area (Å²) in [6, 6.07) is 4.85. The van der Waals surface area contributed by atoms with E-state index in [9.17, 15) is 9.50 Å². The maximum Gasteiger partial charge on any atom is 0.123 e. The van der Waals surface area contributed by atoms with Gasteiger partial charge in [0.25, 0.3) is 0 Å². The molecule has 1 aromatic carbocycles. The largest absolute Gasteiger partial charge is 0.388 e. The quantitative estimate of drug-likeness (QED) is 0.848. The fourth-order valence-electron chi connectivity index (χ4n) is 5.79. The van der Waals surface area contributed by atoms with Crippen molar-refractivity contribution in [2.45, 2.75) is 51.6 Å². The topological polar surface area (TPSA) is 20.2 Å². The number of aryl methyl sites for hydroxylation is 1. The van der Waals surface area contributed by atoms with Crippen LogP contribution in [0.15, 0.2) is 18.2 Å². The maximum absolute atomic E-state index is 13.3. The van der Waals surface area contributed by atoms with Crippen molar-refractivity contribution in [1.82, 2.24) is 0 Å². The number of aliphatic hydroxyl groups excluding tert-OH is 1. The average Bonchev–Trinajstić information content (AvgIpc) is 2.36. The molecule has 0 radical (unpaired) electrons. The summed E-state index contributed by atoms with van der Waals surface area (Å²) in [5, 5.41) is 11.0. The van der Waals surface area contributed by atoms with Crippen molar-refractivity contribution in [2.24, 2.45) is 23.2 Å². The number of aliphatic hydroxyl groups is 1. The zero-order chi connectivity index (χ0) is 13.9. The van der Waals surface area contributed by atoms with Crippen molar-refractivity contribution in [2.75, 3.05) is 0 Å². The molecule has 4 fully saturated rings. The Morgan fingerprint density at radius 2 is 1.65 bits per heavy atom. The highest BCUT2D eigenvalue weighted by molar-refractivity contribution is 5.30. The Labute approximate surface area is 120 Å². The molecular weight excluding hydrogens is 251 g/mol. The Hall–Kier alpha value is -0.890. The van der Waals surface area contributed by atoms with Gasteiger partial charge in [0, 0.05) is 5.41 Å². The van der Waals surface area contributed by atoms with E-state index in [1.54, 1.807) is 12.1 Å². The van der Waals surface area contributed by atoms with Gasteiger partial charge in [-0.2, -0.15) is 0 Å². The lowest BCUT2D eigenvalue weighted by atomic mass is 9.47. The summed E-state index contributed by atoms with van der Waals surface area (Å²) < 4.78 is 13.3. The molecule has 4 bridgehead atoms. The molecule has 0 heterocycles. The predicted molar refractivity (Wildman–Crippen MR) is 76.7 cm³/mol. The Balaban J connectivity index is 1.69. The first kappa shape index (κ1) is 12.8. The molecule has 0 spiro atoms. The Bertz CT molecular complexity index is 501. The van der Waals surface area contributed by atoms with Gasteiger partial charge in [-0.25, -0.2) is 4.39 Å². The van der Waals surface area contributed by atoms with Gasteiger partial charge in [-0.1, -0.05) is 6.07 Å². The van der Waals surface area contributed by atoms with Crippen LogP contribution in [0.25, 0.3) is 0 Å². The molecule has 1 nitrogen and oxygen atoms in total. The first-order chi connectivity index (χ1) is 9.56. The third-order valence-electron chi connectivity index (χ3n) is 6.19. The van der Waals surface area contributed by atoms with Crippen molar-refractivity contribution >= 4 is 0 Å². The average molecular weight is 274 g/mol. The summed E-state index contributed by atoms with van der Waals surface area (Å²) in [7, 11) is 0. The molecule has 1 N–H and O–H groups in total. The van der Waals surface area contributed by atoms with Crippen molar-refractivity contribution in [3.63, 3.8) is 0 Å². The van der Waals surface area contributed by atoms with Crippen LogP contribution in [-0.4, -0.2) is 5.11 Å². The first-order valence-corrected chi connectivity index (χ1v) is 8.00. The van der Waals surface area contributed by atoms with Gasteiger partial charge in [0.15, 0.2) is 0 Å². The molecule has 4 aliphatic rings. The smallest absolute Gasteiger partial charge is 0.123 e. The lowest BCUT2D eigenvalue weighted by Gasteiger charge is -2.58. The van der Waals surface area contributed by atoms with Gasteiger partial charge in [-0.15, -0.1) is 0 Å². The summed E-state index contributed by atoms with van der Waals surface area (Å²) in [6.07, 6.45) is 7.28. The van der Waals surface area contributed by atoms with Crippen molar-refractivity contribution in [1.29, 1.82) is 0 Å². The van der Waals surface area contributed by atoms with E-state index in [1.165, 1.54) is 44.6 Å². The van der Waals surface area contributed by atoms with Crippen molar-refractivity contribution < 1.29 is 9.50 Å². The van der Waals surface area contributed by atoms with E-state index < -0.39 is 6.10 Å². The molecule has 4 aliphatic carbocycles. The lowest BCUT2D eigenvalue weighted by molar-refractivity contribution is -0.122. The summed E-state index contributed by atoms with van der Waals surface area (Å²) in [6.45, 7) is 1.92. The van der Waals surface area contributed by atoms with Gasteiger partial charge >= 0.3 is 0 Å². The monoisotopic (exact) mass is 274 g/mol. The number of rotatable bonds is 2. The van der Waals surface area contributed by atoms with Gasteiger partial charge in [0.05, 0.1) is 6.10 Å². The van der Waals surface area contributed by atoms with Gasteiger partial charge in [-0.05, 0) is 86.5 Å². The second-order valence-corrected chi connectivity index (χ2v) is 7.68. The van der Waals surface area contributed by atoms with Crippen LogP contribution in [0.4, 0.5) is 4.39 Å². The SMILES string of the molecule is Cc1cc(F)ccc1C(O)C12CC3CC(CC(C3)C1)C2. The molecule has 0 amide bonds. The van der Waals surface area contributed by atoms with Gasteiger partial charge < -0.3 is 5.11 Å². The zero-order valence-electron chi connectivity index (χ0n) is 12.1. The van der Waals surface area contributed by atoms with E-state index in [1.807, 2.05) is 6.92 Å². The minimum absolute atomic E-state index is 0.0807. The molecule has 1 aromatic rings. The number of benzene rings is 1. The van der Waals surface area contributed by atoms with Gasteiger partial charge in [0.2, 0.25) is 0 Å².